The minimum absolute atomic E-state index is 0.0340. The van der Waals surface area contributed by atoms with Crippen LogP contribution in [0.2, 0.25) is 5.15 Å². The lowest BCUT2D eigenvalue weighted by molar-refractivity contribution is -0.387. The van der Waals surface area contributed by atoms with E-state index in [1.54, 1.807) is 20.8 Å². The van der Waals surface area contributed by atoms with Crippen molar-refractivity contribution >= 4 is 28.3 Å². The van der Waals surface area contributed by atoms with E-state index in [9.17, 15) is 14.5 Å². The Labute approximate surface area is 118 Å². The molecule has 0 amide bonds. The molecule has 0 bridgehead atoms. The molecule has 106 valence electrons. The standard InChI is InChI=1S/C12H11ClFN3O3/c1-12(2,3)20-11-10(13)15-8-5-9(17(18)19)6(14)4-7(8)16-11/h4-5H,1-3H3. The number of rotatable bonds is 2. The number of ether oxygens (including phenoxy) is 1. The summed E-state index contributed by atoms with van der Waals surface area (Å²) in [6.45, 7) is 5.39. The fourth-order valence-electron chi connectivity index (χ4n) is 1.52. The van der Waals surface area contributed by atoms with Gasteiger partial charge in [0.25, 0.3) is 5.88 Å². The number of aromatic nitrogens is 2. The molecule has 0 radical (unpaired) electrons. The van der Waals surface area contributed by atoms with Gasteiger partial charge in [-0.2, -0.15) is 4.39 Å². The van der Waals surface area contributed by atoms with E-state index in [0.717, 1.165) is 12.1 Å². The first-order chi connectivity index (χ1) is 9.17. The molecule has 1 heterocycles. The third-order valence-electron chi connectivity index (χ3n) is 2.26. The maximum absolute atomic E-state index is 13.6. The summed E-state index contributed by atoms with van der Waals surface area (Å²) >= 11 is 5.92. The Bertz CT molecular complexity index is 700. The number of hydrogen-bond acceptors (Lipinski definition) is 5. The van der Waals surface area contributed by atoms with Gasteiger partial charge in [0.15, 0.2) is 5.15 Å². The lowest BCUT2D eigenvalue weighted by atomic mass is 10.2. The van der Waals surface area contributed by atoms with Gasteiger partial charge in [-0.1, -0.05) is 11.6 Å². The second kappa shape index (κ2) is 4.82. The molecular weight excluding hydrogens is 289 g/mol. The van der Waals surface area contributed by atoms with Crippen molar-refractivity contribution in [1.29, 1.82) is 0 Å². The van der Waals surface area contributed by atoms with Crippen molar-refractivity contribution in [3.8, 4) is 5.88 Å². The van der Waals surface area contributed by atoms with Crippen molar-refractivity contribution in [2.75, 3.05) is 0 Å². The summed E-state index contributed by atoms with van der Waals surface area (Å²) in [5, 5.41) is 10.6. The highest BCUT2D eigenvalue weighted by molar-refractivity contribution is 6.31. The fourth-order valence-corrected chi connectivity index (χ4v) is 1.70. The molecular formula is C12H11ClFN3O3. The van der Waals surface area contributed by atoms with Crippen LogP contribution in [0.3, 0.4) is 0 Å². The van der Waals surface area contributed by atoms with Crippen LogP contribution in [-0.2, 0) is 0 Å². The van der Waals surface area contributed by atoms with Gasteiger partial charge in [0.1, 0.15) is 5.60 Å². The zero-order valence-electron chi connectivity index (χ0n) is 11.0. The van der Waals surface area contributed by atoms with E-state index >= 15 is 0 Å². The van der Waals surface area contributed by atoms with E-state index in [1.165, 1.54) is 0 Å². The molecule has 0 spiro atoms. The third-order valence-corrected chi connectivity index (χ3v) is 2.51. The molecule has 1 aromatic heterocycles. The van der Waals surface area contributed by atoms with E-state index in [-0.39, 0.29) is 22.1 Å². The predicted molar refractivity (Wildman–Crippen MR) is 71.5 cm³/mol. The van der Waals surface area contributed by atoms with Crippen molar-refractivity contribution in [2.24, 2.45) is 0 Å². The van der Waals surface area contributed by atoms with Crippen LogP contribution in [0.4, 0.5) is 10.1 Å². The van der Waals surface area contributed by atoms with Gasteiger partial charge in [-0.3, -0.25) is 10.1 Å². The Morgan fingerprint density at radius 3 is 2.45 bits per heavy atom. The summed E-state index contributed by atoms with van der Waals surface area (Å²) in [7, 11) is 0. The minimum Gasteiger partial charge on any atom is -0.470 e. The number of halogens is 2. The smallest absolute Gasteiger partial charge is 0.307 e. The molecule has 0 unspecified atom stereocenters. The van der Waals surface area contributed by atoms with E-state index in [4.69, 9.17) is 16.3 Å². The number of fused-ring (bicyclic) bond motifs is 1. The molecule has 2 aromatic rings. The van der Waals surface area contributed by atoms with Crippen LogP contribution in [0, 0.1) is 15.9 Å². The molecule has 0 saturated heterocycles. The summed E-state index contributed by atoms with van der Waals surface area (Å²) < 4.78 is 19.1. The second-order valence-electron chi connectivity index (χ2n) is 5.08. The van der Waals surface area contributed by atoms with Crippen molar-refractivity contribution < 1.29 is 14.1 Å². The Morgan fingerprint density at radius 2 is 1.90 bits per heavy atom. The van der Waals surface area contributed by atoms with Crippen molar-refractivity contribution in [1.82, 2.24) is 9.97 Å². The van der Waals surface area contributed by atoms with E-state index in [2.05, 4.69) is 9.97 Å². The molecule has 2 rings (SSSR count). The molecule has 0 saturated carbocycles. The predicted octanol–water partition coefficient (Wildman–Crippen LogP) is 3.51. The van der Waals surface area contributed by atoms with Crippen LogP contribution in [0.1, 0.15) is 20.8 Å². The molecule has 0 fully saturated rings. The summed E-state index contributed by atoms with van der Waals surface area (Å²) in [4.78, 5) is 17.8. The molecule has 0 aliphatic heterocycles. The maximum atomic E-state index is 13.6. The number of hydrogen-bond donors (Lipinski definition) is 0. The van der Waals surface area contributed by atoms with E-state index < -0.39 is 22.0 Å². The molecule has 6 nitrogen and oxygen atoms in total. The van der Waals surface area contributed by atoms with Crippen LogP contribution >= 0.6 is 11.6 Å². The fraction of sp³-hybridized carbons (Fsp3) is 0.333. The number of nitrogens with zero attached hydrogens (tertiary/aromatic N) is 3. The van der Waals surface area contributed by atoms with E-state index in [1.807, 2.05) is 0 Å². The Kier molecular flexibility index (Phi) is 3.47. The molecule has 0 N–H and O–H groups in total. The van der Waals surface area contributed by atoms with E-state index in [0.29, 0.717) is 0 Å². The lowest BCUT2D eigenvalue weighted by Crippen LogP contribution is -2.24. The first-order valence-electron chi connectivity index (χ1n) is 5.67. The minimum atomic E-state index is -0.985. The van der Waals surface area contributed by atoms with Crippen molar-refractivity contribution in [3.63, 3.8) is 0 Å². The maximum Gasteiger partial charge on any atom is 0.307 e. The molecule has 8 heteroatoms. The largest absolute Gasteiger partial charge is 0.470 e. The van der Waals surface area contributed by atoms with Crippen LogP contribution in [0.5, 0.6) is 5.88 Å². The summed E-state index contributed by atoms with van der Waals surface area (Å²) in [5.41, 5.74) is -0.959. The SMILES string of the molecule is CC(C)(C)Oc1nc2cc(F)c([N+](=O)[O-])cc2nc1Cl. The highest BCUT2D eigenvalue weighted by atomic mass is 35.5. The first kappa shape index (κ1) is 14.4. The van der Waals surface area contributed by atoms with Crippen molar-refractivity contribution in [3.05, 3.63) is 33.2 Å². The molecule has 1 aromatic carbocycles. The molecule has 0 aliphatic carbocycles. The topological polar surface area (TPSA) is 78.2 Å². The molecule has 20 heavy (non-hydrogen) atoms. The number of nitro benzene ring substituents is 1. The van der Waals surface area contributed by atoms with Gasteiger partial charge in [-0.15, -0.1) is 0 Å². The first-order valence-corrected chi connectivity index (χ1v) is 6.05. The van der Waals surface area contributed by atoms with Crippen LogP contribution in [0.15, 0.2) is 12.1 Å². The van der Waals surface area contributed by atoms with Gasteiger partial charge in [-0.25, -0.2) is 9.97 Å². The van der Waals surface area contributed by atoms with Gasteiger partial charge in [0.05, 0.1) is 16.0 Å². The average molecular weight is 300 g/mol. The zero-order chi connectivity index (χ0) is 15.1. The Morgan fingerprint density at radius 1 is 1.30 bits per heavy atom. The van der Waals surface area contributed by atoms with Crippen LogP contribution < -0.4 is 4.74 Å². The quantitative estimate of drug-likeness (QED) is 0.626. The Balaban J connectivity index is 2.60. The van der Waals surface area contributed by atoms with Gasteiger partial charge >= 0.3 is 5.69 Å². The normalized spacial score (nSPS) is 11.7. The second-order valence-corrected chi connectivity index (χ2v) is 5.44. The summed E-state index contributed by atoms with van der Waals surface area (Å²) in [6, 6.07) is 1.93. The lowest BCUT2D eigenvalue weighted by Gasteiger charge is -2.20. The van der Waals surface area contributed by atoms with Crippen LogP contribution in [-0.4, -0.2) is 20.5 Å². The highest BCUT2D eigenvalue weighted by Crippen LogP contribution is 2.29. The molecule has 0 atom stereocenters. The van der Waals surface area contributed by atoms with Gasteiger partial charge in [0.2, 0.25) is 5.82 Å². The van der Waals surface area contributed by atoms with Crippen LogP contribution in [0.25, 0.3) is 11.0 Å². The Hall–Kier alpha value is -2.02. The third kappa shape index (κ3) is 2.93. The molecule has 0 aliphatic rings. The highest BCUT2D eigenvalue weighted by Gasteiger charge is 2.20. The van der Waals surface area contributed by atoms with Gasteiger partial charge in [0, 0.05) is 12.1 Å². The van der Waals surface area contributed by atoms with Gasteiger partial charge in [-0.05, 0) is 20.8 Å². The van der Waals surface area contributed by atoms with Crippen molar-refractivity contribution in [2.45, 2.75) is 26.4 Å². The zero-order valence-corrected chi connectivity index (χ0v) is 11.7. The average Bonchev–Trinajstić information content (AvgIpc) is 2.28. The number of nitro groups is 1. The monoisotopic (exact) mass is 299 g/mol. The summed E-state index contributed by atoms with van der Waals surface area (Å²) in [6.07, 6.45) is 0. The summed E-state index contributed by atoms with van der Waals surface area (Å²) in [5.74, 6) is -0.930. The van der Waals surface area contributed by atoms with Gasteiger partial charge < -0.3 is 4.74 Å². The number of benzene rings is 1.